The molecular formula is C18H27N5O3. The topological polar surface area (TPSA) is 98.7 Å². The smallest absolute Gasteiger partial charge is 0.317 e. The van der Waals surface area contributed by atoms with E-state index in [1.165, 1.54) is 0 Å². The highest BCUT2D eigenvalue weighted by molar-refractivity contribution is 5.76. The van der Waals surface area contributed by atoms with E-state index in [2.05, 4.69) is 20.2 Å². The van der Waals surface area contributed by atoms with Crippen LogP contribution in [0.3, 0.4) is 0 Å². The second kappa shape index (κ2) is 7.88. The molecule has 2 aliphatic heterocycles. The molecule has 3 rings (SSSR count). The molecule has 26 heavy (non-hydrogen) atoms. The molecule has 0 aromatic carbocycles. The van der Waals surface area contributed by atoms with Crippen LogP contribution in [0.15, 0.2) is 6.07 Å². The summed E-state index contributed by atoms with van der Waals surface area (Å²) in [5, 5.41) is 12.1. The van der Waals surface area contributed by atoms with Crippen molar-refractivity contribution >= 4 is 17.9 Å². The van der Waals surface area contributed by atoms with Gasteiger partial charge in [-0.25, -0.2) is 14.8 Å². The molecule has 2 N–H and O–H groups in total. The van der Waals surface area contributed by atoms with E-state index < -0.39 is 11.9 Å². The lowest BCUT2D eigenvalue weighted by molar-refractivity contribution is -0.143. The van der Waals surface area contributed by atoms with Gasteiger partial charge in [0, 0.05) is 31.9 Å². The molecule has 2 unspecified atom stereocenters. The Hall–Kier alpha value is -2.38. The quantitative estimate of drug-likeness (QED) is 0.846. The number of piperidine rings is 1. The van der Waals surface area contributed by atoms with E-state index in [0.29, 0.717) is 19.5 Å². The highest BCUT2D eigenvalue weighted by Gasteiger charge is 2.31. The van der Waals surface area contributed by atoms with E-state index in [0.717, 1.165) is 43.3 Å². The monoisotopic (exact) mass is 361 g/mol. The third kappa shape index (κ3) is 4.42. The molecule has 1 aromatic rings. The first-order valence-electron chi connectivity index (χ1n) is 9.27. The SMILES string of the molecule is Cc1cc(CNC(=O)N2CC(C)CC(C(=O)O)C2)nc(N2CCCC2)n1. The number of hydrogen-bond donors (Lipinski definition) is 2. The van der Waals surface area contributed by atoms with E-state index in [1.54, 1.807) is 4.90 Å². The molecular weight excluding hydrogens is 334 g/mol. The second-order valence-corrected chi connectivity index (χ2v) is 7.43. The van der Waals surface area contributed by atoms with Gasteiger partial charge in [0.15, 0.2) is 0 Å². The maximum atomic E-state index is 12.5. The van der Waals surface area contributed by atoms with E-state index in [4.69, 9.17) is 0 Å². The number of likely N-dealkylation sites (tertiary alicyclic amines) is 1. The molecule has 0 aliphatic carbocycles. The van der Waals surface area contributed by atoms with Gasteiger partial charge in [0.1, 0.15) is 0 Å². The lowest BCUT2D eigenvalue weighted by Crippen LogP contribution is -2.49. The fourth-order valence-electron chi connectivity index (χ4n) is 3.74. The number of aliphatic carboxylic acids is 1. The number of nitrogens with zero attached hydrogens (tertiary/aromatic N) is 4. The van der Waals surface area contributed by atoms with Crippen molar-refractivity contribution in [2.75, 3.05) is 31.1 Å². The van der Waals surface area contributed by atoms with Crippen LogP contribution in [0.2, 0.25) is 0 Å². The Morgan fingerprint density at radius 1 is 1.27 bits per heavy atom. The first-order valence-corrected chi connectivity index (χ1v) is 9.27. The van der Waals surface area contributed by atoms with Crippen LogP contribution in [0.5, 0.6) is 0 Å². The van der Waals surface area contributed by atoms with Crippen molar-refractivity contribution in [3.63, 3.8) is 0 Å². The fourth-order valence-corrected chi connectivity index (χ4v) is 3.74. The van der Waals surface area contributed by atoms with Crippen molar-refractivity contribution in [2.45, 2.75) is 39.7 Å². The Morgan fingerprint density at radius 2 is 2.00 bits per heavy atom. The number of urea groups is 1. The molecule has 8 heteroatoms. The van der Waals surface area contributed by atoms with Crippen LogP contribution in [0.1, 0.15) is 37.6 Å². The van der Waals surface area contributed by atoms with Gasteiger partial charge in [-0.15, -0.1) is 0 Å². The van der Waals surface area contributed by atoms with Gasteiger partial charge >= 0.3 is 12.0 Å². The summed E-state index contributed by atoms with van der Waals surface area (Å²) in [7, 11) is 0. The van der Waals surface area contributed by atoms with Crippen molar-refractivity contribution in [2.24, 2.45) is 11.8 Å². The summed E-state index contributed by atoms with van der Waals surface area (Å²) in [6, 6.07) is 1.64. The highest BCUT2D eigenvalue weighted by Crippen LogP contribution is 2.22. The average molecular weight is 361 g/mol. The summed E-state index contributed by atoms with van der Waals surface area (Å²) in [5.74, 6) is -0.424. The summed E-state index contributed by atoms with van der Waals surface area (Å²) in [6.45, 7) is 6.99. The van der Waals surface area contributed by atoms with Crippen molar-refractivity contribution in [1.82, 2.24) is 20.2 Å². The van der Waals surface area contributed by atoms with Crippen LogP contribution in [0.25, 0.3) is 0 Å². The third-order valence-corrected chi connectivity index (χ3v) is 5.00. The summed E-state index contributed by atoms with van der Waals surface area (Å²) < 4.78 is 0. The normalized spacial score (nSPS) is 23.2. The Morgan fingerprint density at radius 3 is 2.69 bits per heavy atom. The Balaban J connectivity index is 1.61. The Labute approximate surface area is 153 Å². The maximum Gasteiger partial charge on any atom is 0.317 e. The van der Waals surface area contributed by atoms with E-state index >= 15 is 0 Å². The number of carboxylic acid groups (broad SMARTS) is 1. The van der Waals surface area contributed by atoms with Crippen molar-refractivity contribution in [3.05, 3.63) is 17.5 Å². The molecule has 1 aromatic heterocycles. The highest BCUT2D eigenvalue weighted by atomic mass is 16.4. The molecule has 0 spiro atoms. The number of hydrogen-bond acceptors (Lipinski definition) is 5. The summed E-state index contributed by atoms with van der Waals surface area (Å²) in [5.41, 5.74) is 1.65. The lowest BCUT2D eigenvalue weighted by Gasteiger charge is -2.34. The number of amides is 2. The number of anilines is 1. The molecule has 3 heterocycles. The predicted molar refractivity (Wildman–Crippen MR) is 96.9 cm³/mol. The van der Waals surface area contributed by atoms with Gasteiger partial charge in [-0.3, -0.25) is 4.79 Å². The van der Waals surface area contributed by atoms with Gasteiger partial charge in [-0.05, 0) is 38.2 Å². The third-order valence-electron chi connectivity index (χ3n) is 5.00. The van der Waals surface area contributed by atoms with Gasteiger partial charge in [0.05, 0.1) is 18.2 Å². The molecule has 2 saturated heterocycles. The zero-order chi connectivity index (χ0) is 18.7. The van der Waals surface area contributed by atoms with Gasteiger partial charge in [-0.2, -0.15) is 0 Å². The first-order chi connectivity index (χ1) is 12.4. The van der Waals surface area contributed by atoms with Crippen molar-refractivity contribution in [1.29, 1.82) is 0 Å². The second-order valence-electron chi connectivity index (χ2n) is 7.43. The number of carbonyl (C=O) groups excluding carboxylic acids is 1. The van der Waals surface area contributed by atoms with E-state index in [1.807, 2.05) is 19.9 Å². The Bertz CT molecular complexity index is 675. The molecule has 2 amide bonds. The van der Waals surface area contributed by atoms with Crippen LogP contribution in [-0.2, 0) is 11.3 Å². The maximum absolute atomic E-state index is 12.5. The predicted octanol–water partition coefficient (Wildman–Crippen LogP) is 1.64. The number of carboxylic acids is 1. The van der Waals surface area contributed by atoms with Gasteiger partial charge in [-0.1, -0.05) is 6.92 Å². The minimum Gasteiger partial charge on any atom is -0.481 e. The first kappa shape index (κ1) is 18.4. The Kier molecular flexibility index (Phi) is 5.58. The van der Waals surface area contributed by atoms with Crippen LogP contribution in [0.4, 0.5) is 10.7 Å². The number of aryl methyl sites for hydroxylation is 1. The standard InChI is InChI=1S/C18H27N5O3/c1-12-7-14(16(24)25)11-23(10-12)18(26)19-9-15-8-13(2)20-17(21-15)22-5-3-4-6-22/h8,12,14H,3-7,9-11H2,1-2H3,(H,19,26)(H,24,25). The van der Waals surface area contributed by atoms with Gasteiger partial charge < -0.3 is 20.2 Å². The summed E-state index contributed by atoms with van der Waals surface area (Å²) in [4.78, 5) is 36.6. The lowest BCUT2D eigenvalue weighted by atomic mass is 9.91. The van der Waals surface area contributed by atoms with Gasteiger partial charge in [0.2, 0.25) is 5.95 Å². The van der Waals surface area contributed by atoms with Crippen molar-refractivity contribution < 1.29 is 14.7 Å². The molecule has 0 saturated carbocycles. The molecule has 2 fully saturated rings. The van der Waals surface area contributed by atoms with E-state index in [9.17, 15) is 14.7 Å². The fraction of sp³-hybridized carbons (Fsp3) is 0.667. The number of nitrogens with one attached hydrogen (secondary N) is 1. The van der Waals surface area contributed by atoms with Gasteiger partial charge in [0.25, 0.3) is 0 Å². The minimum absolute atomic E-state index is 0.179. The number of rotatable bonds is 4. The molecule has 142 valence electrons. The van der Waals surface area contributed by atoms with Crippen molar-refractivity contribution in [3.8, 4) is 0 Å². The molecule has 2 aliphatic rings. The van der Waals surface area contributed by atoms with Crippen LogP contribution in [-0.4, -0.2) is 58.2 Å². The van der Waals surface area contributed by atoms with Crippen LogP contribution < -0.4 is 10.2 Å². The molecule has 0 radical (unpaired) electrons. The molecule has 0 bridgehead atoms. The largest absolute Gasteiger partial charge is 0.481 e. The molecule has 8 nitrogen and oxygen atoms in total. The van der Waals surface area contributed by atoms with Crippen LogP contribution in [0, 0.1) is 18.8 Å². The van der Waals surface area contributed by atoms with E-state index in [-0.39, 0.29) is 18.5 Å². The zero-order valence-electron chi connectivity index (χ0n) is 15.4. The molecule has 2 atom stereocenters. The summed E-state index contributed by atoms with van der Waals surface area (Å²) >= 11 is 0. The number of carbonyl (C=O) groups is 2. The number of aromatic nitrogens is 2. The minimum atomic E-state index is -0.837. The average Bonchev–Trinajstić information content (AvgIpc) is 3.13. The van der Waals surface area contributed by atoms with Crippen LogP contribution >= 0.6 is 0 Å². The summed E-state index contributed by atoms with van der Waals surface area (Å²) in [6.07, 6.45) is 2.92. The zero-order valence-corrected chi connectivity index (χ0v) is 15.4.